The number of nitro benzene ring substituents is 1. The maximum atomic E-state index is 13.1. The number of rotatable bonds is 10. The second-order valence-electron chi connectivity index (χ2n) is 8.59. The minimum absolute atomic E-state index is 0.00511. The molecule has 1 aliphatic rings. The first-order valence-corrected chi connectivity index (χ1v) is 12.3. The lowest BCUT2D eigenvalue weighted by molar-refractivity contribution is -0.384. The zero-order valence-corrected chi connectivity index (χ0v) is 21.9. The monoisotopic (exact) mass is 535 g/mol. The maximum absolute atomic E-state index is 13.1. The summed E-state index contributed by atoms with van der Waals surface area (Å²) in [7, 11) is 4.44. The molecule has 39 heavy (non-hydrogen) atoms. The Morgan fingerprint density at radius 2 is 1.56 bits per heavy atom. The van der Waals surface area contributed by atoms with Gasteiger partial charge in [0.25, 0.3) is 5.69 Å². The van der Waals surface area contributed by atoms with Crippen molar-refractivity contribution in [1.82, 2.24) is 0 Å². The SMILES string of the molecule is COc1cc(OC2CCCCO2)ccc1C(=O)Oc1cc(OC)c(/C=C/c2ccc([N+](=O)[O-])cc2)c(OC)c1. The third-order valence-corrected chi connectivity index (χ3v) is 6.07. The van der Waals surface area contributed by atoms with E-state index in [1.165, 1.54) is 33.5 Å². The number of hydrogen-bond acceptors (Lipinski definition) is 9. The van der Waals surface area contributed by atoms with Crippen LogP contribution in [0.1, 0.15) is 40.7 Å². The molecule has 4 rings (SSSR count). The Hall–Kier alpha value is -4.57. The summed E-state index contributed by atoms with van der Waals surface area (Å²) in [5.74, 6) is 1.21. The number of carbonyl (C=O) groups excluding carboxylic acids is 1. The van der Waals surface area contributed by atoms with Crippen LogP contribution in [0.3, 0.4) is 0 Å². The Labute approximate surface area is 225 Å². The van der Waals surface area contributed by atoms with Gasteiger partial charge in [0.2, 0.25) is 0 Å². The van der Waals surface area contributed by atoms with E-state index >= 15 is 0 Å². The summed E-state index contributed by atoms with van der Waals surface area (Å²) >= 11 is 0. The van der Waals surface area contributed by atoms with Crippen LogP contribution in [0.25, 0.3) is 12.2 Å². The largest absolute Gasteiger partial charge is 0.496 e. The fourth-order valence-electron chi connectivity index (χ4n) is 4.06. The molecule has 0 N–H and O–H groups in total. The van der Waals surface area contributed by atoms with E-state index in [1.807, 2.05) is 0 Å². The standard InChI is InChI=1S/C29H29NO9/c1-34-25-17-22(18-26(35-2)23(25)13-9-19-7-10-20(11-8-19)30(32)33)39-29(31)24-14-12-21(16-27(24)36-3)38-28-6-4-5-15-37-28/h7-14,16-18,28H,4-6,15H2,1-3H3/b13-9+. The van der Waals surface area contributed by atoms with Gasteiger partial charge in [0.15, 0.2) is 6.29 Å². The van der Waals surface area contributed by atoms with Crippen LogP contribution in [0.15, 0.2) is 54.6 Å². The summed E-state index contributed by atoms with van der Waals surface area (Å²) in [6, 6.07) is 14.1. The lowest BCUT2D eigenvalue weighted by Gasteiger charge is -2.23. The molecule has 0 bridgehead atoms. The molecule has 10 nitrogen and oxygen atoms in total. The third-order valence-electron chi connectivity index (χ3n) is 6.07. The van der Waals surface area contributed by atoms with Crippen LogP contribution in [0, 0.1) is 10.1 Å². The van der Waals surface area contributed by atoms with Crippen LogP contribution in [-0.4, -0.2) is 45.1 Å². The summed E-state index contributed by atoms with van der Waals surface area (Å²) in [6.45, 7) is 0.658. The molecular formula is C29H29NO9. The number of non-ortho nitro benzene ring substituents is 1. The number of nitrogens with zero attached hydrogens (tertiary/aromatic N) is 1. The highest BCUT2D eigenvalue weighted by Gasteiger charge is 2.20. The Balaban J connectivity index is 1.53. The Morgan fingerprint density at radius 1 is 0.897 bits per heavy atom. The number of hydrogen-bond donors (Lipinski definition) is 0. The Bertz CT molecular complexity index is 1320. The molecule has 0 amide bonds. The van der Waals surface area contributed by atoms with Crippen molar-refractivity contribution in [2.75, 3.05) is 27.9 Å². The summed E-state index contributed by atoms with van der Waals surface area (Å²) in [5.41, 5.74) is 1.57. The number of carbonyl (C=O) groups is 1. The average Bonchev–Trinajstić information content (AvgIpc) is 2.96. The highest BCUT2D eigenvalue weighted by molar-refractivity contribution is 5.94. The highest BCUT2D eigenvalue weighted by Crippen LogP contribution is 2.36. The van der Waals surface area contributed by atoms with E-state index in [1.54, 1.807) is 54.6 Å². The van der Waals surface area contributed by atoms with Crippen molar-refractivity contribution in [3.8, 4) is 28.7 Å². The normalized spacial score (nSPS) is 15.0. The van der Waals surface area contributed by atoms with Gasteiger partial charge >= 0.3 is 5.97 Å². The van der Waals surface area contributed by atoms with Crippen LogP contribution in [0.2, 0.25) is 0 Å². The fraction of sp³-hybridized carbons (Fsp3) is 0.276. The second kappa shape index (κ2) is 12.8. The quantitative estimate of drug-likeness (QED) is 0.103. The molecule has 204 valence electrons. The van der Waals surface area contributed by atoms with Crippen LogP contribution in [0.4, 0.5) is 5.69 Å². The molecule has 0 aliphatic carbocycles. The third kappa shape index (κ3) is 6.85. The van der Waals surface area contributed by atoms with Gasteiger partial charge in [-0.3, -0.25) is 10.1 Å². The molecule has 1 atom stereocenters. The summed E-state index contributed by atoms with van der Waals surface area (Å²) < 4.78 is 33.6. The van der Waals surface area contributed by atoms with E-state index in [-0.39, 0.29) is 23.3 Å². The van der Waals surface area contributed by atoms with Gasteiger partial charge in [0.05, 0.1) is 38.4 Å². The number of esters is 1. The second-order valence-corrected chi connectivity index (χ2v) is 8.59. The first-order valence-electron chi connectivity index (χ1n) is 12.3. The zero-order chi connectivity index (χ0) is 27.8. The van der Waals surface area contributed by atoms with Gasteiger partial charge in [-0.05, 0) is 48.7 Å². The van der Waals surface area contributed by atoms with Gasteiger partial charge in [-0.25, -0.2) is 4.79 Å². The van der Waals surface area contributed by atoms with Crippen LogP contribution < -0.4 is 23.7 Å². The highest BCUT2D eigenvalue weighted by atomic mass is 16.7. The lowest BCUT2D eigenvalue weighted by atomic mass is 10.1. The van der Waals surface area contributed by atoms with Crippen molar-refractivity contribution in [1.29, 1.82) is 0 Å². The van der Waals surface area contributed by atoms with Crippen LogP contribution in [0.5, 0.6) is 28.7 Å². The van der Waals surface area contributed by atoms with E-state index in [9.17, 15) is 14.9 Å². The fourth-order valence-corrected chi connectivity index (χ4v) is 4.06. The van der Waals surface area contributed by atoms with Gasteiger partial charge in [-0.2, -0.15) is 0 Å². The molecule has 0 radical (unpaired) electrons. The number of ether oxygens (including phenoxy) is 6. The van der Waals surface area contributed by atoms with Crippen LogP contribution in [-0.2, 0) is 4.74 Å². The molecule has 1 unspecified atom stereocenters. The molecule has 0 aromatic heterocycles. The van der Waals surface area contributed by atoms with Crippen molar-refractivity contribution in [2.45, 2.75) is 25.6 Å². The van der Waals surface area contributed by atoms with Gasteiger partial charge in [-0.15, -0.1) is 0 Å². The maximum Gasteiger partial charge on any atom is 0.347 e. The zero-order valence-electron chi connectivity index (χ0n) is 21.9. The van der Waals surface area contributed by atoms with Crippen molar-refractivity contribution in [2.24, 2.45) is 0 Å². The first-order chi connectivity index (χ1) is 18.9. The molecular weight excluding hydrogens is 506 g/mol. The average molecular weight is 536 g/mol. The molecule has 1 fully saturated rings. The van der Waals surface area contributed by atoms with Crippen molar-refractivity contribution >= 4 is 23.8 Å². The van der Waals surface area contributed by atoms with Crippen LogP contribution >= 0.6 is 0 Å². The first kappa shape index (κ1) is 27.5. The van der Waals surface area contributed by atoms with Gasteiger partial charge < -0.3 is 28.4 Å². The van der Waals surface area contributed by atoms with Crippen molar-refractivity contribution in [3.05, 3.63) is 81.4 Å². The predicted octanol–water partition coefficient (Wildman–Crippen LogP) is 5.92. The molecule has 1 heterocycles. The van der Waals surface area contributed by atoms with Gasteiger partial charge in [-0.1, -0.05) is 6.08 Å². The minimum atomic E-state index is -0.634. The molecule has 3 aromatic carbocycles. The molecule has 1 saturated heterocycles. The topological polar surface area (TPSA) is 116 Å². The Morgan fingerprint density at radius 3 is 2.15 bits per heavy atom. The molecule has 0 spiro atoms. The van der Waals surface area contributed by atoms with E-state index < -0.39 is 10.9 Å². The van der Waals surface area contributed by atoms with E-state index in [2.05, 4.69) is 0 Å². The van der Waals surface area contributed by atoms with Crippen molar-refractivity contribution < 1.29 is 38.1 Å². The molecule has 10 heteroatoms. The lowest BCUT2D eigenvalue weighted by Crippen LogP contribution is -2.25. The number of benzene rings is 3. The molecule has 3 aromatic rings. The van der Waals surface area contributed by atoms with Gasteiger partial charge in [0.1, 0.15) is 34.3 Å². The van der Waals surface area contributed by atoms with Gasteiger partial charge in [0, 0.05) is 36.8 Å². The summed E-state index contributed by atoms with van der Waals surface area (Å²) in [4.78, 5) is 23.5. The van der Waals surface area contributed by atoms with E-state index in [4.69, 9.17) is 28.4 Å². The minimum Gasteiger partial charge on any atom is -0.496 e. The summed E-state index contributed by atoms with van der Waals surface area (Å²) in [6.07, 6.45) is 6.04. The Kier molecular flexibility index (Phi) is 9.01. The molecule has 1 aliphatic heterocycles. The predicted molar refractivity (Wildman–Crippen MR) is 144 cm³/mol. The van der Waals surface area contributed by atoms with E-state index in [0.29, 0.717) is 35.2 Å². The summed E-state index contributed by atoms with van der Waals surface area (Å²) in [5, 5.41) is 10.9. The number of methoxy groups -OCH3 is 3. The van der Waals surface area contributed by atoms with E-state index in [0.717, 1.165) is 24.8 Å². The number of nitro groups is 1. The smallest absolute Gasteiger partial charge is 0.347 e. The van der Waals surface area contributed by atoms with Crippen molar-refractivity contribution in [3.63, 3.8) is 0 Å². The molecule has 0 saturated carbocycles.